The average molecular weight is 417 g/mol. The predicted molar refractivity (Wildman–Crippen MR) is 119 cm³/mol. The van der Waals surface area contributed by atoms with Crippen LogP contribution in [0.5, 0.6) is 0 Å². The number of carbonyl (C=O) groups excluding carboxylic acids is 1. The van der Waals surface area contributed by atoms with Crippen molar-refractivity contribution in [3.8, 4) is 11.3 Å². The highest BCUT2D eigenvalue weighted by Crippen LogP contribution is 2.30. The molecule has 0 saturated carbocycles. The number of amides is 1. The molecule has 7 heteroatoms. The molecule has 30 heavy (non-hydrogen) atoms. The van der Waals surface area contributed by atoms with Gasteiger partial charge in [-0.15, -0.1) is 11.3 Å². The maximum absolute atomic E-state index is 13.1. The lowest BCUT2D eigenvalue weighted by Gasteiger charge is -2.18. The molecule has 0 saturated heterocycles. The Bertz CT molecular complexity index is 1340. The maximum atomic E-state index is 13.1. The molecule has 1 amide bonds. The molecule has 0 bridgehead atoms. The number of nitrogens with zero attached hydrogens (tertiary/aromatic N) is 4. The molecular formula is C23H20N4O2S. The fraction of sp³-hybridized carbons (Fsp3) is 0.217. The van der Waals surface area contributed by atoms with Gasteiger partial charge in [-0.05, 0) is 31.9 Å². The van der Waals surface area contributed by atoms with Crippen molar-refractivity contribution in [2.75, 3.05) is 11.4 Å². The molecular weight excluding hydrogens is 396 g/mol. The molecule has 150 valence electrons. The van der Waals surface area contributed by atoms with Crippen LogP contribution in [0.3, 0.4) is 0 Å². The van der Waals surface area contributed by atoms with Gasteiger partial charge in [-0.2, -0.15) is 5.10 Å². The summed E-state index contributed by atoms with van der Waals surface area (Å²) in [5.74, 6) is -0.143. The van der Waals surface area contributed by atoms with E-state index in [9.17, 15) is 9.59 Å². The number of aryl methyl sites for hydroxylation is 2. The number of fused-ring (bicyclic) bond motifs is 2. The molecule has 0 atom stereocenters. The number of benzene rings is 2. The van der Waals surface area contributed by atoms with Crippen molar-refractivity contribution in [2.45, 2.75) is 26.8 Å². The number of rotatable bonds is 3. The first kappa shape index (κ1) is 18.7. The summed E-state index contributed by atoms with van der Waals surface area (Å²) in [7, 11) is 0. The Morgan fingerprint density at radius 2 is 1.87 bits per heavy atom. The molecule has 2 aromatic carbocycles. The summed E-state index contributed by atoms with van der Waals surface area (Å²) >= 11 is 1.45. The summed E-state index contributed by atoms with van der Waals surface area (Å²) in [4.78, 5) is 32.3. The van der Waals surface area contributed by atoms with Gasteiger partial charge in [0.15, 0.2) is 5.52 Å². The Balaban J connectivity index is 1.58. The second-order valence-corrected chi connectivity index (χ2v) is 8.72. The van der Waals surface area contributed by atoms with Crippen LogP contribution in [0, 0.1) is 13.8 Å². The lowest BCUT2D eigenvalue weighted by Crippen LogP contribution is -2.36. The summed E-state index contributed by atoms with van der Waals surface area (Å²) in [6, 6.07) is 15.9. The van der Waals surface area contributed by atoms with E-state index in [1.165, 1.54) is 16.0 Å². The summed E-state index contributed by atoms with van der Waals surface area (Å²) < 4.78 is 2.02. The van der Waals surface area contributed by atoms with Crippen LogP contribution in [0.1, 0.15) is 16.1 Å². The molecule has 5 rings (SSSR count). The predicted octanol–water partition coefficient (Wildman–Crippen LogP) is 3.73. The molecule has 0 fully saturated rings. The van der Waals surface area contributed by atoms with Crippen molar-refractivity contribution in [1.29, 1.82) is 0 Å². The number of hydrogen-bond acceptors (Lipinski definition) is 5. The standard InChI is InChI=1S/C23H20N4O2S/c1-14-7-9-17(10-8-14)20-22-21(24-15(2)30-22)23(29)27(25-20)13-19(28)26-12-11-16-5-3-4-6-18(16)26/h3-10H,11-13H2,1-2H3. The van der Waals surface area contributed by atoms with Crippen LogP contribution in [-0.2, 0) is 17.8 Å². The van der Waals surface area contributed by atoms with Crippen LogP contribution >= 0.6 is 11.3 Å². The van der Waals surface area contributed by atoms with Crippen molar-refractivity contribution >= 4 is 33.1 Å². The van der Waals surface area contributed by atoms with Crippen LogP contribution in [0.2, 0.25) is 0 Å². The van der Waals surface area contributed by atoms with E-state index >= 15 is 0 Å². The van der Waals surface area contributed by atoms with Gasteiger partial charge in [-0.3, -0.25) is 9.59 Å². The van der Waals surface area contributed by atoms with E-state index in [1.807, 2.05) is 62.4 Å². The molecule has 2 aromatic heterocycles. The monoisotopic (exact) mass is 416 g/mol. The van der Waals surface area contributed by atoms with Crippen molar-refractivity contribution < 1.29 is 4.79 Å². The van der Waals surface area contributed by atoms with Crippen LogP contribution in [0.25, 0.3) is 21.5 Å². The smallest absolute Gasteiger partial charge is 0.294 e. The van der Waals surface area contributed by atoms with Gasteiger partial charge in [-0.1, -0.05) is 48.0 Å². The topological polar surface area (TPSA) is 68.1 Å². The highest BCUT2D eigenvalue weighted by molar-refractivity contribution is 7.19. The van der Waals surface area contributed by atoms with E-state index in [0.717, 1.165) is 38.5 Å². The van der Waals surface area contributed by atoms with Gasteiger partial charge in [0, 0.05) is 17.8 Å². The van der Waals surface area contributed by atoms with E-state index in [0.29, 0.717) is 17.8 Å². The molecule has 0 N–H and O–H groups in total. The zero-order chi connectivity index (χ0) is 20.8. The van der Waals surface area contributed by atoms with Crippen LogP contribution in [0.15, 0.2) is 53.3 Å². The highest BCUT2D eigenvalue weighted by atomic mass is 32.1. The number of carbonyl (C=O) groups is 1. The first-order valence-corrected chi connectivity index (χ1v) is 10.7. The van der Waals surface area contributed by atoms with Crippen molar-refractivity contribution in [3.63, 3.8) is 0 Å². The van der Waals surface area contributed by atoms with Gasteiger partial charge >= 0.3 is 0 Å². The second kappa shape index (κ2) is 7.18. The van der Waals surface area contributed by atoms with Crippen LogP contribution < -0.4 is 10.5 Å². The minimum Gasteiger partial charge on any atom is -0.310 e. The second-order valence-electron chi connectivity index (χ2n) is 7.51. The number of hydrogen-bond donors (Lipinski definition) is 0. The lowest BCUT2D eigenvalue weighted by molar-refractivity contribution is -0.119. The third-order valence-corrected chi connectivity index (χ3v) is 6.38. The molecule has 3 heterocycles. The van der Waals surface area contributed by atoms with Crippen LogP contribution in [0.4, 0.5) is 5.69 Å². The molecule has 4 aromatic rings. The molecule has 0 radical (unpaired) electrons. The summed E-state index contributed by atoms with van der Waals surface area (Å²) in [5, 5.41) is 5.41. The fourth-order valence-electron chi connectivity index (χ4n) is 3.88. The van der Waals surface area contributed by atoms with Crippen LogP contribution in [-0.4, -0.2) is 27.2 Å². The Labute approximate surface area is 177 Å². The Hall–Kier alpha value is -3.32. The van der Waals surface area contributed by atoms with Gasteiger partial charge in [0.05, 0.1) is 9.71 Å². The molecule has 0 aliphatic carbocycles. The van der Waals surface area contributed by atoms with E-state index in [2.05, 4.69) is 10.1 Å². The zero-order valence-corrected chi connectivity index (χ0v) is 17.6. The van der Waals surface area contributed by atoms with Crippen molar-refractivity contribution in [1.82, 2.24) is 14.8 Å². The van der Waals surface area contributed by atoms with Gasteiger partial charge in [0.25, 0.3) is 5.56 Å². The molecule has 1 aliphatic heterocycles. The normalized spacial score (nSPS) is 13.1. The van der Waals surface area contributed by atoms with Gasteiger partial charge < -0.3 is 4.90 Å². The minimum absolute atomic E-state index is 0.113. The fourth-order valence-corrected chi connectivity index (χ4v) is 4.80. The number of aromatic nitrogens is 3. The van der Waals surface area contributed by atoms with E-state index < -0.39 is 0 Å². The van der Waals surface area contributed by atoms with E-state index in [-0.39, 0.29) is 18.0 Å². The zero-order valence-electron chi connectivity index (χ0n) is 16.8. The first-order chi connectivity index (χ1) is 14.5. The Kier molecular flexibility index (Phi) is 4.47. The largest absolute Gasteiger partial charge is 0.310 e. The number of anilines is 1. The summed E-state index contributed by atoms with van der Waals surface area (Å²) in [6.07, 6.45) is 0.823. The minimum atomic E-state index is -0.328. The maximum Gasteiger partial charge on any atom is 0.294 e. The number of thiazole rings is 1. The van der Waals surface area contributed by atoms with E-state index in [4.69, 9.17) is 0 Å². The van der Waals surface area contributed by atoms with Crippen molar-refractivity contribution in [3.05, 3.63) is 75.0 Å². The third kappa shape index (κ3) is 3.11. The SMILES string of the molecule is Cc1ccc(-c2nn(CC(=O)N3CCc4ccccc43)c(=O)c3nc(C)sc23)cc1. The lowest BCUT2D eigenvalue weighted by atomic mass is 10.1. The van der Waals surface area contributed by atoms with E-state index in [1.54, 1.807) is 4.90 Å². The Morgan fingerprint density at radius 3 is 2.67 bits per heavy atom. The summed E-state index contributed by atoms with van der Waals surface area (Å²) in [6.45, 7) is 4.41. The molecule has 0 unspecified atom stereocenters. The van der Waals surface area contributed by atoms with Crippen molar-refractivity contribution in [2.24, 2.45) is 0 Å². The quantitative estimate of drug-likeness (QED) is 0.510. The molecule has 6 nitrogen and oxygen atoms in total. The highest BCUT2D eigenvalue weighted by Gasteiger charge is 2.26. The van der Waals surface area contributed by atoms with Gasteiger partial charge in [0.2, 0.25) is 5.91 Å². The first-order valence-electron chi connectivity index (χ1n) is 9.85. The average Bonchev–Trinajstić information content (AvgIpc) is 3.34. The van der Waals surface area contributed by atoms with Gasteiger partial charge in [0.1, 0.15) is 12.2 Å². The number of para-hydroxylation sites is 1. The van der Waals surface area contributed by atoms with Gasteiger partial charge in [-0.25, -0.2) is 9.67 Å². The molecule has 1 aliphatic rings. The Morgan fingerprint density at radius 1 is 1.10 bits per heavy atom. The summed E-state index contributed by atoms with van der Waals surface area (Å²) in [5.41, 5.74) is 4.85. The molecule has 0 spiro atoms. The third-order valence-electron chi connectivity index (χ3n) is 5.41.